The zero-order chi connectivity index (χ0) is 41.0. The van der Waals surface area contributed by atoms with Gasteiger partial charge in [0.1, 0.15) is 0 Å². The maximum absolute atomic E-state index is 5.30. The monoisotopic (exact) mass is 781 g/mol. The molecular weight excluding hydrogens is 743 g/mol. The van der Waals surface area contributed by atoms with E-state index in [0.717, 1.165) is 95.4 Å². The van der Waals surface area contributed by atoms with E-state index in [-0.39, 0.29) is 0 Å². The van der Waals surface area contributed by atoms with E-state index >= 15 is 0 Å². The van der Waals surface area contributed by atoms with Crippen molar-refractivity contribution in [1.82, 2.24) is 24.9 Å². The highest BCUT2D eigenvalue weighted by Gasteiger charge is 2.18. The highest BCUT2D eigenvalue weighted by molar-refractivity contribution is 5.85. The number of nitrogens with zero attached hydrogens (tertiary/aromatic N) is 5. The first kappa shape index (κ1) is 37.1. The van der Waals surface area contributed by atoms with E-state index in [4.69, 9.17) is 24.9 Å². The zero-order valence-corrected chi connectivity index (χ0v) is 33.5. The zero-order valence-electron chi connectivity index (χ0n) is 33.5. The number of hydrogen-bond acceptors (Lipinski definition) is 5. The molecule has 61 heavy (non-hydrogen) atoms. The van der Waals surface area contributed by atoms with Gasteiger partial charge in [-0.15, -0.1) is 0 Å². The van der Waals surface area contributed by atoms with E-state index in [1.807, 2.05) is 66.7 Å². The second-order valence-corrected chi connectivity index (χ2v) is 15.0. The van der Waals surface area contributed by atoms with Gasteiger partial charge in [-0.1, -0.05) is 175 Å². The van der Waals surface area contributed by atoms with Crippen LogP contribution in [-0.2, 0) is 0 Å². The first-order chi connectivity index (χ1) is 30.1. The Balaban J connectivity index is 1.24. The molecule has 0 atom stereocenters. The normalized spacial score (nSPS) is 11.0. The molecule has 0 aliphatic rings. The molecule has 3 aromatic heterocycles. The molecule has 0 amide bonds. The smallest absolute Gasteiger partial charge is 0.160 e. The summed E-state index contributed by atoms with van der Waals surface area (Å²) in [6, 6.07) is 75.1. The lowest BCUT2D eigenvalue weighted by atomic mass is 9.94. The molecule has 288 valence electrons. The molecule has 0 aliphatic heterocycles. The van der Waals surface area contributed by atoms with Crippen molar-refractivity contribution >= 4 is 0 Å². The molecule has 0 aliphatic carbocycles. The molecule has 5 nitrogen and oxygen atoms in total. The molecule has 0 unspecified atom stereocenters. The van der Waals surface area contributed by atoms with Crippen LogP contribution in [0.4, 0.5) is 0 Å². The van der Waals surface area contributed by atoms with Crippen molar-refractivity contribution in [3.8, 4) is 101 Å². The molecule has 10 rings (SSSR count). The van der Waals surface area contributed by atoms with Crippen molar-refractivity contribution < 1.29 is 0 Å². The van der Waals surface area contributed by atoms with Crippen LogP contribution < -0.4 is 0 Å². The Morgan fingerprint density at radius 2 is 0.525 bits per heavy atom. The largest absolute Gasteiger partial charge is 0.248 e. The predicted molar refractivity (Wildman–Crippen MR) is 249 cm³/mol. The average molecular weight is 782 g/mol. The average Bonchev–Trinajstić information content (AvgIpc) is 3.35. The van der Waals surface area contributed by atoms with Crippen LogP contribution in [0.15, 0.2) is 218 Å². The second kappa shape index (κ2) is 16.6. The summed E-state index contributed by atoms with van der Waals surface area (Å²) >= 11 is 0. The van der Waals surface area contributed by atoms with Crippen molar-refractivity contribution in [3.05, 3.63) is 224 Å². The summed E-state index contributed by atoms with van der Waals surface area (Å²) in [6.07, 6.45) is 0. The van der Waals surface area contributed by atoms with Gasteiger partial charge >= 0.3 is 0 Å². The van der Waals surface area contributed by atoms with Gasteiger partial charge in [-0.05, 0) is 66.6 Å². The van der Waals surface area contributed by atoms with Crippen LogP contribution in [0.2, 0.25) is 0 Å². The maximum atomic E-state index is 5.30. The summed E-state index contributed by atoms with van der Waals surface area (Å²) in [7, 11) is 0. The van der Waals surface area contributed by atoms with Crippen LogP contribution in [-0.4, -0.2) is 24.9 Å². The SMILES string of the molecule is Cc1cccc(-c2cc(-c3cc(-c4cc(-c5ccccc5)nc(-c5ccccc5)c4)cc(-c4cc(-c5ccccc5)nc(-c5ccccc5)n4)c3)nc(-c3ccccc3)n2)c1. The fraction of sp³-hybridized carbons (Fsp3) is 0.0179. The Hall–Kier alpha value is -8.15. The van der Waals surface area contributed by atoms with Crippen molar-refractivity contribution in [2.45, 2.75) is 6.92 Å². The molecule has 0 radical (unpaired) electrons. The lowest BCUT2D eigenvalue weighted by Crippen LogP contribution is -1.98. The lowest BCUT2D eigenvalue weighted by molar-refractivity contribution is 1.18. The van der Waals surface area contributed by atoms with Crippen molar-refractivity contribution in [3.63, 3.8) is 0 Å². The number of pyridine rings is 1. The summed E-state index contributed by atoms with van der Waals surface area (Å²) in [4.78, 5) is 26.0. The van der Waals surface area contributed by atoms with Crippen LogP contribution in [0.5, 0.6) is 0 Å². The van der Waals surface area contributed by atoms with Crippen LogP contribution in [0.1, 0.15) is 5.56 Å². The molecule has 10 aromatic rings. The Labute approximate surface area is 355 Å². The number of hydrogen-bond donors (Lipinski definition) is 0. The number of benzene rings is 7. The van der Waals surface area contributed by atoms with Crippen LogP contribution in [0.25, 0.3) is 101 Å². The molecule has 0 N–H and O–H groups in total. The van der Waals surface area contributed by atoms with Crippen molar-refractivity contribution in [2.75, 3.05) is 0 Å². The van der Waals surface area contributed by atoms with Gasteiger partial charge in [-0.2, -0.15) is 0 Å². The Morgan fingerprint density at radius 3 is 0.934 bits per heavy atom. The summed E-state index contributed by atoms with van der Waals surface area (Å²) in [6.45, 7) is 2.11. The van der Waals surface area contributed by atoms with Crippen LogP contribution in [0, 0.1) is 6.92 Å². The fourth-order valence-electron chi connectivity index (χ4n) is 7.63. The topological polar surface area (TPSA) is 64.5 Å². The van der Waals surface area contributed by atoms with E-state index in [1.165, 1.54) is 0 Å². The molecule has 0 saturated heterocycles. The summed E-state index contributed by atoms with van der Waals surface area (Å²) in [5.41, 5.74) is 16.1. The van der Waals surface area contributed by atoms with E-state index in [0.29, 0.717) is 11.6 Å². The van der Waals surface area contributed by atoms with E-state index in [9.17, 15) is 0 Å². The highest BCUT2D eigenvalue weighted by atomic mass is 14.9. The molecular formula is C56H39N5. The van der Waals surface area contributed by atoms with Crippen molar-refractivity contribution in [2.24, 2.45) is 0 Å². The molecule has 7 aromatic carbocycles. The third-order valence-corrected chi connectivity index (χ3v) is 10.7. The summed E-state index contributed by atoms with van der Waals surface area (Å²) in [5.74, 6) is 1.31. The third-order valence-electron chi connectivity index (χ3n) is 10.7. The van der Waals surface area contributed by atoms with Crippen molar-refractivity contribution in [1.29, 1.82) is 0 Å². The number of rotatable bonds is 9. The third kappa shape index (κ3) is 8.14. The Kier molecular flexibility index (Phi) is 10.1. The van der Waals surface area contributed by atoms with Gasteiger partial charge < -0.3 is 0 Å². The fourth-order valence-corrected chi connectivity index (χ4v) is 7.63. The lowest BCUT2D eigenvalue weighted by Gasteiger charge is -2.15. The molecule has 5 heteroatoms. The Morgan fingerprint density at radius 1 is 0.213 bits per heavy atom. The van der Waals surface area contributed by atoms with Gasteiger partial charge in [0, 0.05) is 44.5 Å². The minimum atomic E-state index is 0.653. The molecule has 0 fully saturated rings. The van der Waals surface area contributed by atoms with Crippen LogP contribution >= 0.6 is 0 Å². The molecule has 0 bridgehead atoms. The quantitative estimate of drug-likeness (QED) is 0.146. The van der Waals surface area contributed by atoms with Gasteiger partial charge in [-0.25, -0.2) is 24.9 Å². The van der Waals surface area contributed by atoms with E-state index in [1.54, 1.807) is 0 Å². The minimum Gasteiger partial charge on any atom is -0.248 e. The van der Waals surface area contributed by atoms with E-state index < -0.39 is 0 Å². The molecule has 0 saturated carbocycles. The number of aryl methyl sites for hydroxylation is 1. The summed E-state index contributed by atoms with van der Waals surface area (Å²) in [5, 5.41) is 0. The summed E-state index contributed by atoms with van der Waals surface area (Å²) < 4.78 is 0. The standard InChI is InChI=1S/C56H39N5/c1-38-18-17-29-44(30-38)52-37-54(61-56(59-52)43-27-15-6-16-28-43)48-32-45(46-34-49(39-19-7-2-8-20-39)57-50(35-46)40-21-9-3-10-22-40)31-47(33-48)53-36-51(41-23-11-4-12-24-41)58-55(60-53)42-25-13-5-14-26-42/h2-37H,1H3. The molecule has 3 heterocycles. The first-order valence-electron chi connectivity index (χ1n) is 20.4. The minimum absolute atomic E-state index is 0.653. The molecule has 0 spiro atoms. The van der Waals surface area contributed by atoms with Gasteiger partial charge in [-0.3, -0.25) is 0 Å². The second-order valence-electron chi connectivity index (χ2n) is 15.0. The number of aromatic nitrogens is 5. The van der Waals surface area contributed by atoms with Gasteiger partial charge in [0.2, 0.25) is 0 Å². The predicted octanol–water partition coefficient (Wildman–Crippen LogP) is 14.0. The highest BCUT2D eigenvalue weighted by Crippen LogP contribution is 2.38. The van der Waals surface area contributed by atoms with Crippen LogP contribution in [0.3, 0.4) is 0 Å². The van der Waals surface area contributed by atoms with Gasteiger partial charge in [0.05, 0.1) is 34.2 Å². The maximum Gasteiger partial charge on any atom is 0.160 e. The van der Waals surface area contributed by atoms with E-state index in [2.05, 4.69) is 159 Å². The first-order valence-corrected chi connectivity index (χ1v) is 20.4. The van der Waals surface area contributed by atoms with Gasteiger partial charge in [0.15, 0.2) is 11.6 Å². The Bertz CT molecular complexity index is 2860. The van der Waals surface area contributed by atoms with Gasteiger partial charge in [0.25, 0.3) is 0 Å².